The Labute approximate surface area is 214 Å². The van der Waals surface area contributed by atoms with Crippen LogP contribution in [0.25, 0.3) is 0 Å². The Hall–Kier alpha value is -0.480. The Kier molecular flexibility index (Phi) is 12.3. The maximum atomic E-state index is 12.4. The minimum absolute atomic E-state index is 0.137. The number of esters is 2. The molecule has 3 saturated heterocycles. The van der Waals surface area contributed by atoms with Gasteiger partial charge in [0, 0.05) is 50.7 Å². The van der Waals surface area contributed by atoms with E-state index in [9.17, 15) is 9.59 Å². The molecule has 0 spiro atoms. The molecule has 0 aromatic carbocycles. The highest BCUT2D eigenvalue weighted by Crippen LogP contribution is 2.43. The normalized spacial score (nSPS) is 22.6. The number of piperazine rings is 1. The molecule has 0 saturated carbocycles. The highest BCUT2D eigenvalue weighted by Gasteiger charge is 2.38. The molecule has 0 radical (unpaired) electrons. The number of hydrogen-bond acceptors (Lipinski definition) is 9. The van der Waals surface area contributed by atoms with Crippen LogP contribution in [0.5, 0.6) is 0 Å². The van der Waals surface area contributed by atoms with Gasteiger partial charge in [-0.25, -0.2) is 0 Å². The number of likely N-dealkylation sites (tertiary alicyclic amines) is 1. The standard InChI is InChI=1S/C25H45N3O4S2/c1-3-5-23(29)31-18-25(20-33-34-21-25)19-32-24(30)9-13-28-16-14-27(15-17-28)10-4-6-22-7-11-26(2)12-8-22/h22H,3-21H2,1-2H3. The number of nitrogens with zero attached hydrogens (tertiary/aromatic N) is 3. The van der Waals surface area contributed by atoms with E-state index < -0.39 is 0 Å². The molecule has 0 N–H and O–H groups in total. The Morgan fingerprint density at radius 2 is 1.41 bits per heavy atom. The van der Waals surface area contributed by atoms with Gasteiger partial charge in [-0.3, -0.25) is 9.59 Å². The van der Waals surface area contributed by atoms with Gasteiger partial charge in [0.25, 0.3) is 0 Å². The van der Waals surface area contributed by atoms with Crippen molar-refractivity contribution in [2.24, 2.45) is 11.3 Å². The largest absolute Gasteiger partial charge is 0.465 e. The van der Waals surface area contributed by atoms with Crippen LogP contribution >= 0.6 is 21.6 Å². The minimum atomic E-state index is -0.242. The Morgan fingerprint density at radius 1 is 0.853 bits per heavy atom. The van der Waals surface area contributed by atoms with Crippen LogP contribution in [-0.4, -0.2) is 111 Å². The lowest BCUT2D eigenvalue weighted by Crippen LogP contribution is -2.47. The second-order valence-corrected chi connectivity index (χ2v) is 12.9. The van der Waals surface area contributed by atoms with Gasteiger partial charge in [0.2, 0.25) is 0 Å². The second kappa shape index (κ2) is 14.9. The third kappa shape index (κ3) is 9.88. The van der Waals surface area contributed by atoms with Gasteiger partial charge < -0.3 is 24.2 Å². The van der Waals surface area contributed by atoms with Gasteiger partial charge in [-0.15, -0.1) is 0 Å². The number of carbonyl (C=O) groups is 2. The molecular weight excluding hydrogens is 470 g/mol. The molecular formula is C25H45N3O4S2. The number of piperidine rings is 1. The van der Waals surface area contributed by atoms with E-state index in [1.165, 1.54) is 45.3 Å². The van der Waals surface area contributed by atoms with E-state index in [0.717, 1.165) is 56.6 Å². The minimum Gasteiger partial charge on any atom is -0.465 e. The number of rotatable bonds is 13. The molecule has 0 bridgehead atoms. The van der Waals surface area contributed by atoms with E-state index in [-0.39, 0.29) is 17.4 Å². The molecule has 0 atom stereocenters. The first-order valence-electron chi connectivity index (χ1n) is 13.2. The third-order valence-electron chi connectivity index (χ3n) is 7.37. The zero-order chi connectivity index (χ0) is 24.2. The monoisotopic (exact) mass is 515 g/mol. The predicted molar refractivity (Wildman–Crippen MR) is 141 cm³/mol. The van der Waals surface area contributed by atoms with E-state index in [1.54, 1.807) is 21.6 Å². The van der Waals surface area contributed by atoms with Crippen molar-refractivity contribution in [1.29, 1.82) is 0 Å². The fourth-order valence-corrected chi connectivity index (χ4v) is 8.17. The number of ether oxygens (including phenoxy) is 2. The van der Waals surface area contributed by atoms with Crippen molar-refractivity contribution in [2.45, 2.75) is 51.9 Å². The highest BCUT2D eigenvalue weighted by atomic mass is 33.1. The maximum absolute atomic E-state index is 12.4. The predicted octanol–water partition coefficient (Wildman–Crippen LogP) is 3.38. The quantitative estimate of drug-likeness (QED) is 0.271. The Morgan fingerprint density at radius 3 is 2.00 bits per heavy atom. The first-order valence-corrected chi connectivity index (χ1v) is 15.7. The van der Waals surface area contributed by atoms with E-state index in [4.69, 9.17) is 9.47 Å². The van der Waals surface area contributed by atoms with Gasteiger partial charge in [0.05, 0.1) is 11.8 Å². The van der Waals surface area contributed by atoms with Crippen molar-refractivity contribution in [3.8, 4) is 0 Å². The third-order valence-corrected chi connectivity index (χ3v) is 10.2. The van der Waals surface area contributed by atoms with Gasteiger partial charge in [0.15, 0.2) is 0 Å². The Bertz CT molecular complexity index is 617. The van der Waals surface area contributed by atoms with Crippen LogP contribution < -0.4 is 0 Å². The maximum Gasteiger partial charge on any atom is 0.307 e. The first-order chi connectivity index (χ1) is 16.5. The number of hydrogen-bond donors (Lipinski definition) is 0. The summed E-state index contributed by atoms with van der Waals surface area (Å²) < 4.78 is 11.1. The highest BCUT2D eigenvalue weighted by molar-refractivity contribution is 8.77. The van der Waals surface area contributed by atoms with Crippen LogP contribution in [0.2, 0.25) is 0 Å². The summed E-state index contributed by atoms with van der Waals surface area (Å²) in [6.07, 6.45) is 7.08. The molecule has 3 rings (SSSR count). The second-order valence-electron chi connectivity index (χ2n) is 10.4. The van der Waals surface area contributed by atoms with Crippen molar-refractivity contribution in [3.63, 3.8) is 0 Å². The van der Waals surface area contributed by atoms with Crippen molar-refractivity contribution >= 4 is 33.5 Å². The van der Waals surface area contributed by atoms with Crippen molar-refractivity contribution in [2.75, 3.05) is 84.1 Å². The topological polar surface area (TPSA) is 62.3 Å². The van der Waals surface area contributed by atoms with Gasteiger partial charge in [-0.1, -0.05) is 28.5 Å². The molecule has 0 unspecified atom stereocenters. The van der Waals surface area contributed by atoms with Gasteiger partial charge in [0.1, 0.15) is 13.2 Å². The summed E-state index contributed by atoms with van der Waals surface area (Å²) in [7, 11) is 5.76. The fraction of sp³-hybridized carbons (Fsp3) is 0.920. The molecule has 0 amide bonds. The lowest BCUT2D eigenvalue weighted by atomic mass is 9.92. The lowest BCUT2D eigenvalue weighted by Gasteiger charge is -2.35. The van der Waals surface area contributed by atoms with Crippen molar-refractivity contribution in [3.05, 3.63) is 0 Å². The summed E-state index contributed by atoms with van der Waals surface area (Å²) in [6.45, 7) is 11.4. The summed E-state index contributed by atoms with van der Waals surface area (Å²) >= 11 is 0. The van der Waals surface area contributed by atoms with Crippen LogP contribution in [0.3, 0.4) is 0 Å². The van der Waals surface area contributed by atoms with Gasteiger partial charge in [-0.2, -0.15) is 0 Å². The molecule has 0 aromatic heterocycles. The van der Waals surface area contributed by atoms with Gasteiger partial charge in [-0.05, 0) is 64.7 Å². The molecule has 3 aliphatic heterocycles. The zero-order valence-corrected chi connectivity index (χ0v) is 22.9. The molecule has 9 heteroatoms. The molecule has 7 nitrogen and oxygen atoms in total. The molecule has 34 heavy (non-hydrogen) atoms. The average molecular weight is 516 g/mol. The molecule has 3 fully saturated rings. The summed E-state index contributed by atoms with van der Waals surface area (Å²) in [5.41, 5.74) is -0.242. The van der Waals surface area contributed by atoms with E-state index in [0.29, 0.717) is 26.1 Å². The summed E-state index contributed by atoms with van der Waals surface area (Å²) in [6, 6.07) is 0. The summed E-state index contributed by atoms with van der Waals surface area (Å²) in [5.74, 6) is 2.33. The molecule has 0 aromatic rings. The summed E-state index contributed by atoms with van der Waals surface area (Å²) in [5, 5.41) is 0. The van der Waals surface area contributed by atoms with E-state index >= 15 is 0 Å². The van der Waals surface area contributed by atoms with Crippen LogP contribution in [-0.2, 0) is 19.1 Å². The first kappa shape index (κ1) is 28.1. The van der Waals surface area contributed by atoms with Crippen LogP contribution in [0.15, 0.2) is 0 Å². The molecule has 196 valence electrons. The molecule has 3 heterocycles. The van der Waals surface area contributed by atoms with Crippen molar-refractivity contribution < 1.29 is 19.1 Å². The SMILES string of the molecule is CCCC(=O)OCC1(COC(=O)CCN2CCN(CCCC3CCN(C)CC3)CC2)CSSC1. The smallest absolute Gasteiger partial charge is 0.307 e. The van der Waals surface area contributed by atoms with Crippen LogP contribution in [0.1, 0.15) is 51.9 Å². The van der Waals surface area contributed by atoms with Crippen LogP contribution in [0.4, 0.5) is 0 Å². The van der Waals surface area contributed by atoms with Gasteiger partial charge >= 0.3 is 11.9 Å². The lowest BCUT2D eigenvalue weighted by molar-refractivity contribution is -0.152. The Balaban J connectivity index is 1.25. The zero-order valence-electron chi connectivity index (χ0n) is 21.3. The molecule has 3 aliphatic rings. The average Bonchev–Trinajstić information content (AvgIpc) is 3.32. The molecule has 0 aliphatic carbocycles. The fourth-order valence-electron chi connectivity index (χ4n) is 4.84. The summed E-state index contributed by atoms with van der Waals surface area (Å²) in [4.78, 5) is 31.6. The van der Waals surface area contributed by atoms with Crippen LogP contribution in [0, 0.1) is 11.3 Å². The number of carbonyl (C=O) groups excluding carboxylic acids is 2. The van der Waals surface area contributed by atoms with E-state index in [1.807, 2.05) is 6.92 Å². The van der Waals surface area contributed by atoms with E-state index in [2.05, 4.69) is 21.7 Å². The van der Waals surface area contributed by atoms with Crippen molar-refractivity contribution in [1.82, 2.24) is 14.7 Å².